The number of hydrogen-bond donors (Lipinski definition) is 0. The van der Waals surface area contributed by atoms with E-state index in [0.29, 0.717) is 31.0 Å². The maximum absolute atomic E-state index is 12.2. The van der Waals surface area contributed by atoms with Gasteiger partial charge in [0.25, 0.3) is 0 Å². The molecule has 5 nitrogen and oxygen atoms in total. The molecule has 1 saturated heterocycles. The monoisotopic (exact) mass is 319 g/mol. The molecule has 0 radical (unpaired) electrons. The number of amides is 1. The van der Waals surface area contributed by atoms with Crippen molar-refractivity contribution in [2.45, 2.75) is 25.9 Å². The largest absolute Gasteiger partial charge is 0.488 e. The van der Waals surface area contributed by atoms with Crippen molar-refractivity contribution in [3.05, 3.63) is 50.7 Å². The lowest BCUT2D eigenvalue weighted by atomic mass is 10.2. The first kappa shape index (κ1) is 14.8. The summed E-state index contributed by atoms with van der Waals surface area (Å²) >= 11 is 1.60. The molecule has 2 aromatic heterocycles. The Balaban J connectivity index is 1.57. The smallest absolute Gasteiger partial charge is 0.339 e. The van der Waals surface area contributed by atoms with E-state index in [0.717, 1.165) is 12.0 Å². The summed E-state index contributed by atoms with van der Waals surface area (Å²) in [5.41, 5.74) is 0.633. The number of aryl methyl sites for hydroxylation is 1. The van der Waals surface area contributed by atoms with Gasteiger partial charge in [-0.25, -0.2) is 4.79 Å². The highest BCUT2D eigenvalue weighted by Crippen LogP contribution is 2.19. The number of carbonyl (C=O) groups excluding carboxylic acids is 1. The van der Waals surface area contributed by atoms with Gasteiger partial charge in [0.1, 0.15) is 17.6 Å². The predicted octanol–water partition coefficient (Wildman–Crippen LogP) is 2.23. The van der Waals surface area contributed by atoms with E-state index in [-0.39, 0.29) is 12.0 Å². The van der Waals surface area contributed by atoms with Gasteiger partial charge in [-0.2, -0.15) is 11.3 Å². The van der Waals surface area contributed by atoms with Crippen molar-refractivity contribution in [2.75, 3.05) is 13.1 Å². The minimum atomic E-state index is -0.418. The summed E-state index contributed by atoms with van der Waals surface area (Å²) in [6, 6.07) is 5.00. The molecule has 1 atom stereocenters. The molecule has 0 unspecified atom stereocenters. The van der Waals surface area contributed by atoms with Gasteiger partial charge in [0.15, 0.2) is 0 Å². The molecule has 1 aliphatic heterocycles. The quantitative estimate of drug-likeness (QED) is 0.867. The third-order valence-corrected chi connectivity index (χ3v) is 4.34. The van der Waals surface area contributed by atoms with Crippen LogP contribution in [0.4, 0.5) is 0 Å². The van der Waals surface area contributed by atoms with E-state index in [1.807, 2.05) is 21.7 Å². The van der Waals surface area contributed by atoms with Crippen LogP contribution in [0.15, 0.2) is 38.2 Å². The lowest BCUT2D eigenvalue weighted by molar-refractivity contribution is -0.129. The SMILES string of the molecule is Cc1cc(O[C@@H]2CCN(C(=O)Cc3ccsc3)C2)cc(=O)o1. The Morgan fingerprint density at radius 1 is 1.50 bits per heavy atom. The first-order valence-electron chi connectivity index (χ1n) is 7.17. The van der Waals surface area contributed by atoms with Crippen LogP contribution in [0, 0.1) is 6.92 Å². The van der Waals surface area contributed by atoms with Gasteiger partial charge in [-0.15, -0.1) is 0 Å². The van der Waals surface area contributed by atoms with Gasteiger partial charge < -0.3 is 14.1 Å². The van der Waals surface area contributed by atoms with Crippen LogP contribution in [-0.4, -0.2) is 30.0 Å². The number of hydrogen-bond acceptors (Lipinski definition) is 5. The van der Waals surface area contributed by atoms with E-state index in [1.165, 1.54) is 6.07 Å². The number of likely N-dealkylation sites (tertiary alicyclic amines) is 1. The molecular weight excluding hydrogens is 302 g/mol. The Labute approximate surface area is 132 Å². The Morgan fingerprint density at radius 3 is 3.09 bits per heavy atom. The summed E-state index contributed by atoms with van der Waals surface area (Å²) in [5.74, 6) is 1.14. The zero-order valence-electron chi connectivity index (χ0n) is 12.3. The Bertz CT molecular complexity index is 707. The van der Waals surface area contributed by atoms with Gasteiger partial charge in [0, 0.05) is 19.0 Å². The highest BCUT2D eigenvalue weighted by Gasteiger charge is 2.27. The van der Waals surface area contributed by atoms with Crippen LogP contribution < -0.4 is 10.4 Å². The van der Waals surface area contributed by atoms with E-state index in [2.05, 4.69) is 0 Å². The van der Waals surface area contributed by atoms with E-state index in [1.54, 1.807) is 24.3 Å². The zero-order chi connectivity index (χ0) is 15.5. The average molecular weight is 319 g/mol. The average Bonchev–Trinajstić information content (AvgIpc) is 3.09. The molecule has 1 fully saturated rings. The Kier molecular flexibility index (Phi) is 4.29. The van der Waals surface area contributed by atoms with Gasteiger partial charge in [-0.1, -0.05) is 0 Å². The lowest BCUT2D eigenvalue weighted by Gasteiger charge is -2.17. The molecule has 3 heterocycles. The molecule has 6 heteroatoms. The normalized spacial score (nSPS) is 17.7. The van der Waals surface area contributed by atoms with Gasteiger partial charge in [-0.05, 0) is 29.3 Å². The molecule has 2 aromatic rings. The van der Waals surface area contributed by atoms with E-state index in [9.17, 15) is 9.59 Å². The Morgan fingerprint density at radius 2 is 2.36 bits per heavy atom. The minimum Gasteiger partial charge on any atom is -0.488 e. The third kappa shape index (κ3) is 3.57. The second kappa shape index (κ2) is 6.36. The zero-order valence-corrected chi connectivity index (χ0v) is 13.1. The summed E-state index contributed by atoms with van der Waals surface area (Å²) in [5, 5.41) is 3.97. The van der Waals surface area contributed by atoms with Crippen molar-refractivity contribution in [1.29, 1.82) is 0 Å². The standard InChI is InChI=1S/C16H17NO4S/c1-11-6-14(8-16(19)20-11)21-13-2-4-17(9-13)15(18)7-12-3-5-22-10-12/h3,5-6,8,10,13H,2,4,7,9H2,1H3/t13-/m1/s1. The maximum Gasteiger partial charge on any atom is 0.339 e. The summed E-state index contributed by atoms with van der Waals surface area (Å²) in [7, 11) is 0. The van der Waals surface area contributed by atoms with Crippen molar-refractivity contribution < 1.29 is 13.9 Å². The van der Waals surface area contributed by atoms with Gasteiger partial charge in [0.05, 0.1) is 19.0 Å². The second-order valence-corrected chi connectivity index (χ2v) is 6.18. The van der Waals surface area contributed by atoms with E-state index >= 15 is 0 Å². The predicted molar refractivity (Wildman–Crippen MR) is 83.4 cm³/mol. The molecule has 0 N–H and O–H groups in total. The van der Waals surface area contributed by atoms with Crippen molar-refractivity contribution >= 4 is 17.2 Å². The number of thiophene rings is 1. The van der Waals surface area contributed by atoms with Crippen LogP contribution in [0.5, 0.6) is 5.75 Å². The summed E-state index contributed by atoms with van der Waals surface area (Å²) in [6.45, 7) is 2.95. The van der Waals surface area contributed by atoms with Crippen LogP contribution in [0.1, 0.15) is 17.7 Å². The fourth-order valence-electron chi connectivity index (χ4n) is 2.57. The second-order valence-electron chi connectivity index (χ2n) is 5.40. The van der Waals surface area contributed by atoms with Crippen LogP contribution in [0.25, 0.3) is 0 Å². The van der Waals surface area contributed by atoms with Crippen LogP contribution in [-0.2, 0) is 11.2 Å². The van der Waals surface area contributed by atoms with Crippen molar-refractivity contribution in [1.82, 2.24) is 4.90 Å². The number of rotatable bonds is 4. The molecule has 0 aromatic carbocycles. The first-order chi connectivity index (χ1) is 10.6. The highest BCUT2D eigenvalue weighted by atomic mass is 32.1. The summed E-state index contributed by atoms with van der Waals surface area (Å²) < 4.78 is 10.7. The molecular formula is C16H17NO4S. The molecule has 0 bridgehead atoms. The molecule has 0 spiro atoms. The topological polar surface area (TPSA) is 59.8 Å². The highest BCUT2D eigenvalue weighted by molar-refractivity contribution is 7.07. The summed E-state index contributed by atoms with van der Waals surface area (Å²) in [4.78, 5) is 25.4. The summed E-state index contributed by atoms with van der Waals surface area (Å²) in [6.07, 6.45) is 1.13. The van der Waals surface area contributed by atoms with Crippen LogP contribution >= 0.6 is 11.3 Å². The molecule has 116 valence electrons. The fourth-order valence-corrected chi connectivity index (χ4v) is 3.24. The molecule has 0 aliphatic carbocycles. The molecule has 22 heavy (non-hydrogen) atoms. The fraction of sp³-hybridized carbons (Fsp3) is 0.375. The van der Waals surface area contributed by atoms with E-state index < -0.39 is 5.63 Å². The number of carbonyl (C=O) groups is 1. The van der Waals surface area contributed by atoms with Crippen molar-refractivity contribution in [3.8, 4) is 5.75 Å². The van der Waals surface area contributed by atoms with Gasteiger partial charge >= 0.3 is 5.63 Å². The van der Waals surface area contributed by atoms with E-state index in [4.69, 9.17) is 9.15 Å². The van der Waals surface area contributed by atoms with Crippen LogP contribution in [0.3, 0.4) is 0 Å². The minimum absolute atomic E-state index is 0.0763. The molecule has 1 aliphatic rings. The lowest BCUT2D eigenvalue weighted by Crippen LogP contribution is -2.32. The van der Waals surface area contributed by atoms with Gasteiger partial charge in [0.2, 0.25) is 5.91 Å². The Hall–Kier alpha value is -2.08. The molecule has 0 saturated carbocycles. The first-order valence-corrected chi connectivity index (χ1v) is 8.12. The number of ether oxygens (including phenoxy) is 1. The third-order valence-electron chi connectivity index (χ3n) is 3.60. The molecule has 3 rings (SSSR count). The maximum atomic E-state index is 12.2. The van der Waals surface area contributed by atoms with Crippen molar-refractivity contribution in [2.24, 2.45) is 0 Å². The van der Waals surface area contributed by atoms with Crippen LogP contribution in [0.2, 0.25) is 0 Å². The van der Waals surface area contributed by atoms with Gasteiger partial charge in [-0.3, -0.25) is 4.79 Å². The van der Waals surface area contributed by atoms with Crippen molar-refractivity contribution in [3.63, 3.8) is 0 Å². The molecule has 1 amide bonds. The number of nitrogens with zero attached hydrogens (tertiary/aromatic N) is 1.